The van der Waals surface area contributed by atoms with E-state index in [9.17, 15) is 0 Å². The van der Waals surface area contributed by atoms with E-state index >= 15 is 0 Å². The van der Waals surface area contributed by atoms with Crippen LogP contribution in [0.15, 0.2) is 158 Å². The van der Waals surface area contributed by atoms with Gasteiger partial charge in [0.15, 0.2) is 17.5 Å². The van der Waals surface area contributed by atoms with Crippen molar-refractivity contribution in [3.05, 3.63) is 164 Å². The fraction of sp³-hybridized carbons (Fsp3) is 0.0217. The van der Waals surface area contributed by atoms with Gasteiger partial charge in [-0.15, -0.1) is 22.7 Å². The lowest BCUT2D eigenvalue weighted by Gasteiger charge is -2.13. The van der Waals surface area contributed by atoms with Crippen LogP contribution in [0.2, 0.25) is 0 Å². The van der Waals surface area contributed by atoms with Gasteiger partial charge < -0.3 is 4.57 Å². The maximum atomic E-state index is 5.21. The number of rotatable bonds is 6. The molecule has 0 aliphatic heterocycles. The van der Waals surface area contributed by atoms with Crippen molar-refractivity contribution in [1.82, 2.24) is 19.5 Å². The molecule has 0 saturated carbocycles. The van der Waals surface area contributed by atoms with Gasteiger partial charge in [-0.1, -0.05) is 116 Å². The number of thiophene rings is 2. The van der Waals surface area contributed by atoms with Crippen molar-refractivity contribution in [2.45, 2.75) is 6.92 Å². The van der Waals surface area contributed by atoms with Crippen LogP contribution in [0.25, 0.3) is 96.2 Å². The first-order valence-corrected chi connectivity index (χ1v) is 18.9. The van der Waals surface area contributed by atoms with Crippen LogP contribution in [0.5, 0.6) is 0 Å². The van der Waals surface area contributed by atoms with Gasteiger partial charge in [-0.3, -0.25) is 0 Å². The van der Waals surface area contributed by atoms with Crippen LogP contribution in [-0.4, -0.2) is 19.5 Å². The van der Waals surface area contributed by atoms with Crippen molar-refractivity contribution in [1.29, 1.82) is 0 Å². The van der Waals surface area contributed by atoms with Crippen LogP contribution in [0.3, 0.4) is 0 Å². The Morgan fingerprint density at radius 1 is 0.596 bits per heavy atom. The minimum absolute atomic E-state index is 0.602. The molecule has 4 nitrogen and oxygen atoms in total. The smallest absolute Gasteiger partial charge is 0.165 e. The Kier molecular flexibility index (Phi) is 7.20. The van der Waals surface area contributed by atoms with Gasteiger partial charge in [0.1, 0.15) is 0 Å². The molecular formula is C46H30N4S2. The van der Waals surface area contributed by atoms with Crippen LogP contribution in [0, 0.1) is 0 Å². The van der Waals surface area contributed by atoms with Crippen LogP contribution in [0.4, 0.5) is 0 Å². The van der Waals surface area contributed by atoms with Crippen LogP contribution < -0.4 is 0 Å². The van der Waals surface area contributed by atoms with Gasteiger partial charge in [-0.25, -0.2) is 15.0 Å². The molecule has 0 amide bonds. The Balaban J connectivity index is 1.32. The summed E-state index contributed by atoms with van der Waals surface area (Å²) in [7, 11) is 0. The van der Waals surface area contributed by atoms with Gasteiger partial charge >= 0.3 is 0 Å². The predicted molar refractivity (Wildman–Crippen MR) is 224 cm³/mol. The monoisotopic (exact) mass is 702 g/mol. The molecule has 6 heteroatoms. The summed E-state index contributed by atoms with van der Waals surface area (Å²) in [6.07, 6.45) is 7.75. The fourth-order valence-corrected chi connectivity index (χ4v) is 9.75. The minimum Gasteiger partial charge on any atom is -0.309 e. The van der Waals surface area contributed by atoms with E-state index in [1.807, 2.05) is 66.8 Å². The number of hydrogen-bond donors (Lipinski definition) is 0. The Bertz CT molecular complexity index is 3100. The summed E-state index contributed by atoms with van der Waals surface area (Å²) in [6, 6.07) is 45.7. The Labute approximate surface area is 308 Å². The first kappa shape index (κ1) is 30.6. The molecule has 10 aromatic rings. The van der Waals surface area contributed by atoms with Gasteiger partial charge in [0.05, 0.1) is 11.0 Å². The molecule has 0 bridgehead atoms. The quantitative estimate of drug-likeness (QED) is 0.162. The summed E-state index contributed by atoms with van der Waals surface area (Å²) in [5, 5.41) is 7.44. The van der Waals surface area contributed by atoms with Gasteiger partial charge in [-0.05, 0) is 49.4 Å². The highest BCUT2D eigenvalue weighted by Crippen LogP contribution is 2.44. The van der Waals surface area contributed by atoms with Crippen molar-refractivity contribution < 1.29 is 0 Å². The lowest BCUT2D eigenvalue weighted by atomic mass is 10.1. The molecule has 0 fully saturated rings. The molecular weight excluding hydrogens is 673 g/mol. The average molecular weight is 703 g/mol. The topological polar surface area (TPSA) is 43.6 Å². The molecule has 4 heterocycles. The number of benzene rings is 6. The number of para-hydroxylation sites is 1. The minimum atomic E-state index is 0.602. The van der Waals surface area contributed by atoms with Gasteiger partial charge in [0.25, 0.3) is 0 Å². The molecule has 6 aromatic carbocycles. The number of fused-ring (bicyclic) bond motifs is 9. The third kappa shape index (κ3) is 4.83. The summed E-state index contributed by atoms with van der Waals surface area (Å²) in [4.78, 5) is 15.4. The molecule has 246 valence electrons. The summed E-state index contributed by atoms with van der Waals surface area (Å²) in [5.41, 5.74) is 6.18. The number of allylic oxidation sites excluding steroid dienone is 5. The average Bonchev–Trinajstić information content (AvgIpc) is 3.86. The van der Waals surface area contributed by atoms with Gasteiger partial charge in [-0.2, -0.15) is 0 Å². The molecule has 0 saturated heterocycles. The standard InChI is InChI=1S/C46H30N4S2/c1-3-14-28(15-4-2)44-47-45(29-16-6-5-7-17-29)49-46(48-44)37-25-30(24-36-33-20-10-13-23-41(33)52-43(36)37)50-38-21-11-8-18-31(38)34-27-42-35(26-39(34)50)32-19-9-12-22-40(32)51-42/h3-27H,1H2,2H3/b15-4-,28-14+. The Morgan fingerprint density at radius 3 is 2.08 bits per heavy atom. The first-order valence-electron chi connectivity index (χ1n) is 17.3. The fourth-order valence-electron chi connectivity index (χ4n) is 7.42. The highest BCUT2D eigenvalue weighted by atomic mass is 32.1. The maximum absolute atomic E-state index is 5.21. The van der Waals surface area contributed by atoms with Gasteiger partial charge in [0.2, 0.25) is 0 Å². The van der Waals surface area contributed by atoms with Crippen molar-refractivity contribution >= 4 is 90.4 Å². The molecule has 0 spiro atoms. The number of aromatic nitrogens is 4. The summed E-state index contributed by atoms with van der Waals surface area (Å²) >= 11 is 3.64. The van der Waals surface area contributed by atoms with E-state index in [-0.39, 0.29) is 0 Å². The summed E-state index contributed by atoms with van der Waals surface area (Å²) in [5.74, 6) is 1.86. The molecule has 0 unspecified atom stereocenters. The summed E-state index contributed by atoms with van der Waals surface area (Å²) < 4.78 is 7.40. The number of nitrogens with zero attached hydrogens (tertiary/aromatic N) is 4. The lowest BCUT2D eigenvalue weighted by Crippen LogP contribution is -2.03. The van der Waals surface area contributed by atoms with E-state index in [0.29, 0.717) is 17.5 Å². The van der Waals surface area contributed by atoms with E-state index in [1.165, 1.54) is 51.9 Å². The Hall–Kier alpha value is -6.21. The molecule has 0 N–H and O–H groups in total. The van der Waals surface area contributed by atoms with Crippen molar-refractivity contribution in [2.75, 3.05) is 0 Å². The van der Waals surface area contributed by atoms with Crippen molar-refractivity contribution in [3.63, 3.8) is 0 Å². The normalized spacial score (nSPS) is 12.4. The summed E-state index contributed by atoms with van der Waals surface area (Å²) in [6.45, 7) is 5.97. The molecule has 0 aliphatic rings. The Morgan fingerprint density at radius 2 is 1.29 bits per heavy atom. The number of hydrogen-bond acceptors (Lipinski definition) is 5. The molecule has 10 rings (SSSR count). The predicted octanol–water partition coefficient (Wildman–Crippen LogP) is 13.2. The zero-order valence-electron chi connectivity index (χ0n) is 28.2. The van der Waals surface area contributed by atoms with E-state index in [4.69, 9.17) is 15.0 Å². The second kappa shape index (κ2) is 12.2. The highest BCUT2D eigenvalue weighted by molar-refractivity contribution is 7.26. The van der Waals surface area contributed by atoms with Crippen LogP contribution in [-0.2, 0) is 0 Å². The largest absolute Gasteiger partial charge is 0.309 e. The zero-order chi connectivity index (χ0) is 34.8. The SMILES string of the molecule is C=C/C=C(\C=C/C)c1nc(-c2ccccc2)nc(-c2cc(-n3c4ccccc4c4cc5sc6ccccc6c5cc43)cc3c2sc2ccccc23)n1. The van der Waals surface area contributed by atoms with Crippen LogP contribution >= 0.6 is 22.7 Å². The lowest BCUT2D eigenvalue weighted by molar-refractivity contribution is 1.04. The van der Waals surface area contributed by atoms with Crippen molar-refractivity contribution in [2.24, 2.45) is 0 Å². The van der Waals surface area contributed by atoms with Gasteiger partial charge in [0, 0.05) is 73.5 Å². The first-order chi connectivity index (χ1) is 25.7. The third-order valence-corrected chi connectivity index (χ3v) is 12.1. The molecule has 0 aliphatic carbocycles. The highest BCUT2D eigenvalue weighted by Gasteiger charge is 2.21. The molecule has 0 radical (unpaired) electrons. The second-order valence-corrected chi connectivity index (χ2v) is 15.0. The molecule has 4 aromatic heterocycles. The third-order valence-electron chi connectivity index (χ3n) is 9.70. The van der Waals surface area contributed by atoms with Crippen LogP contribution in [0.1, 0.15) is 12.7 Å². The van der Waals surface area contributed by atoms with E-state index < -0.39 is 0 Å². The molecule has 0 atom stereocenters. The van der Waals surface area contributed by atoms with E-state index in [1.54, 1.807) is 17.4 Å². The maximum Gasteiger partial charge on any atom is 0.165 e. The van der Waals surface area contributed by atoms with Crippen molar-refractivity contribution in [3.8, 4) is 28.5 Å². The molecule has 52 heavy (non-hydrogen) atoms. The van der Waals surface area contributed by atoms with E-state index in [2.05, 4.69) is 108 Å². The van der Waals surface area contributed by atoms with E-state index in [0.717, 1.165) is 32.6 Å². The zero-order valence-corrected chi connectivity index (χ0v) is 29.9. The second-order valence-electron chi connectivity index (χ2n) is 12.8.